The first-order valence-electron chi connectivity index (χ1n) is 7.88. The molecule has 3 rings (SSSR count). The zero-order valence-electron chi connectivity index (χ0n) is 14.2. The number of halogens is 1. The summed E-state index contributed by atoms with van der Waals surface area (Å²) >= 11 is 5.79. The molecule has 1 heterocycles. The van der Waals surface area contributed by atoms with Gasteiger partial charge in [0.15, 0.2) is 0 Å². The number of nitrogens with zero attached hydrogens (tertiary/aromatic N) is 2. The van der Waals surface area contributed by atoms with Crippen molar-refractivity contribution in [2.75, 3.05) is 5.32 Å². The van der Waals surface area contributed by atoms with E-state index in [-0.39, 0.29) is 22.4 Å². The lowest BCUT2D eigenvalue weighted by molar-refractivity contribution is -0.385. The maximum absolute atomic E-state index is 12.3. The predicted molar refractivity (Wildman–Crippen MR) is 102 cm³/mol. The molecule has 136 valence electrons. The van der Waals surface area contributed by atoms with Crippen LogP contribution in [0.5, 0.6) is 11.5 Å². The van der Waals surface area contributed by atoms with Crippen LogP contribution in [-0.2, 0) is 0 Å². The number of ether oxygens (including phenoxy) is 1. The van der Waals surface area contributed by atoms with Crippen LogP contribution in [0.4, 0.5) is 11.4 Å². The molecule has 0 fully saturated rings. The van der Waals surface area contributed by atoms with Crippen molar-refractivity contribution in [3.8, 4) is 11.5 Å². The number of carbonyl (C=O) groups excluding carboxylic acids is 1. The monoisotopic (exact) mass is 383 g/mol. The van der Waals surface area contributed by atoms with Crippen LogP contribution in [-0.4, -0.2) is 15.8 Å². The van der Waals surface area contributed by atoms with Gasteiger partial charge in [-0.3, -0.25) is 19.9 Å². The second-order valence-electron chi connectivity index (χ2n) is 5.64. The number of benzene rings is 2. The van der Waals surface area contributed by atoms with Crippen molar-refractivity contribution < 1.29 is 14.5 Å². The summed E-state index contributed by atoms with van der Waals surface area (Å²) in [6.07, 6.45) is 3.22. The van der Waals surface area contributed by atoms with E-state index in [4.69, 9.17) is 16.3 Å². The van der Waals surface area contributed by atoms with Gasteiger partial charge in [0.2, 0.25) is 5.75 Å². The highest BCUT2D eigenvalue weighted by Gasteiger charge is 2.16. The third-order valence-electron chi connectivity index (χ3n) is 3.75. The molecule has 0 atom stereocenters. The van der Waals surface area contributed by atoms with E-state index < -0.39 is 4.92 Å². The average molecular weight is 384 g/mol. The van der Waals surface area contributed by atoms with Crippen molar-refractivity contribution in [1.29, 1.82) is 0 Å². The first kappa shape index (κ1) is 18.3. The summed E-state index contributed by atoms with van der Waals surface area (Å²) in [5, 5.41) is 14.1. The Labute approximate surface area is 159 Å². The van der Waals surface area contributed by atoms with Crippen LogP contribution in [0.15, 0.2) is 60.9 Å². The smallest absolute Gasteiger partial charge is 0.313 e. The lowest BCUT2D eigenvalue weighted by Crippen LogP contribution is -2.12. The third-order valence-corrected chi connectivity index (χ3v) is 3.98. The Hall–Kier alpha value is -3.45. The number of aryl methyl sites for hydroxylation is 1. The number of nitro groups is 1. The summed E-state index contributed by atoms with van der Waals surface area (Å²) in [6, 6.07) is 12.2. The first-order valence-corrected chi connectivity index (χ1v) is 8.25. The minimum Gasteiger partial charge on any atom is -0.450 e. The Morgan fingerprint density at radius 1 is 1.19 bits per heavy atom. The van der Waals surface area contributed by atoms with Crippen LogP contribution in [0.1, 0.15) is 15.9 Å². The van der Waals surface area contributed by atoms with Crippen molar-refractivity contribution in [2.24, 2.45) is 0 Å². The molecule has 0 aliphatic heterocycles. The van der Waals surface area contributed by atoms with Gasteiger partial charge in [-0.25, -0.2) is 0 Å². The molecular formula is C19H14ClN3O4. The zero-order valence-corrected chi connectivity index (χ0v) is 14.9. The van der Waals surface area contributed by atoms with Gasteiger partial charge in [-0.15, -0.1) is 0 Å². The van der Waals surface area contributed by atoms with Gasteiger partial charge in [0, 0.05) is 22.8 Å². The van der Waals surface area contributed by atoms with E-state index in [9.17, 15) is 14.9 Å². The zero-order chi connectivity index (χ0) is 19.4. The molecular weight excluding hydrogens is 370 g/mol. The van der Waals surface area contributed by atoms with Gasteiger partial charge < -0.3 is 10.1 Å². The molecule has 1 N–H and O–H groups in total. The van der Waals surface area contributed by atoms with Crippen molar-refractivity contribution in [3.05, 3.63) is 87.2 Å². The lowest BCUT2D eigenvalue weighted by atomic mass is 10.2. The van der Waals surface area contributed by atoms with E-state index in [1.165, 1.54) is 18.2 Å². The normalized spacial score (nSPS) is 10.3. The molecule has 0 spiro atoms. The molecule has 0 aliphatic carbocycles. The molecule has 0 saturated heterocycles. The number of pyridine rings is 1. The number of anilines is 1. The Kier molecular flexibility index (Phi) is 5.33. The van der Waals surface area contributed by atoms with Gasteiger partial charge >= 0.3 is 5.69 Å². The summed E-state index contributed by atoms with van der Waals surface area (Å²) in [6.45, 7) is 1.87. The fraction of sp³-hybridized carbons (Fsp3) is 0.0526. The van der Waals surface area contributed by atoms with Gasteiger partial charge in [-0.2, -0.15) is 0 Å². The number of hydrogen-bond donors (Lipinski definition) is 1. The fourth-order valence-electron chi connectivity index (χ4n) is 2.31. The molecule has 0 saturated carbocycles. The molecule has 3 aromatic rings. The molecule has 8 heteroatoms. The lowest BCUT2D eigenvalue weighted by Gasteiger charge is -2.09. The number of carbonyl (C=O) groups is 1. The van der Waals surface area contributed by atoms with Gasteiger partial charge in [-0.05, 0) is 55.0 Å². The Bertz CT molecular complexity index is 1010. The highest BCUT2D eigenvalue weighted by molar-refractivity contribution is 6.30. The first-order chi connectivity index (χ1) is 12.9. The quantitative estimate of drug-likeness (QED) is 0.494. The molecule has 2 aromatic carbocycles. The number of aromatic nitrogens is 1. The van der Waals surface area contributed by atoms with E-state index in [0.29, 0.717) is 17.0 Å². The highest BCUT2D eigenvalue weighted by atomic mass is 35.5. The minimum atomic E-state index is -0.570. The molecule has 1 amide bonds. The van der Waals surface area contributed by atoms with E-state index >= 15 is 0 Å². The SMILES string of the molecule is Cc1ccncc1NC(=O)c1ccc(Oc2ccc(Cl)cc2[N+](=O)[O-])cc1. The summed E-state index contributed by atoms with van der Waals surface area (Å²) < 4.78 is 5.56. The van der Waals surface area contributed by atoms with Crippen molar-refractivity contribution in [3.63, 3.8) is 0 Å². The minimum absolute atomic E-state index is 0.0626. The Balaban J connectivity index is 1.75. The Morgan fingerprint density at radius 3 is 2.59 bits per heavy atom. The largest absolute Gasteiger partial charge is 0.450 e. The Morgan fingerprint density at radius 2 is 1.93 bits per heavy atom. The maximum Gasteiger partial charge on any atom is 0.313 e. The molecule has 1 aromatic heterocycles. The van der Waals surface area contributed by atoms with Crippen LogP contribution in [0.2, 0.25) is 5.02 Å². The fourth-order valence-corrected chi connectivity index (χ4v) is 2.48. The van der Waals surface area contributed by atoms with Crippen LogP contribution in [0.3, 0.4) is 0 Å². The number of rotatable bonds is 5. The maximum atomic E-state index is 12.3. The van der Waals surface area contributed by atoms with Gasteiger partial charge in [-0.1, -0.05) is 11.6 Å². The second kappa shape index (κ2) is 7.84. The van der Waals surface area contributed by atoms with Crippen molar-refractivity contribution >= 4 is 28.9 Å². The molecule has 0 bridgehead atoms. The molecule has 27 heavy (non-hydrogen) atoms. The second-order valence-corrected chi connectivity index (χ2v) is 6.08. The van der Waals surface area contributed by atoms with Crippen LogP contribution >= 0.6 is 11.6 Å². The van der Waals surface area contributed by atoms with Crippen molar-refractivity contribution in [1.82, 2.24) is 4.98 Å². The van der Waals surface area contributed by atoms with Gasteiger partial charge in [0.25, 0.3) is 5.91 Å². The summed E-state index contributed by atoms with van der Waals surface area (Å²) in [7, 11) is 0. The number of nitro benzene ring substituents is 1. The number of hydrogen-bond acceptors (Lipinski definition) is 5. The standard InChI is InChI=1S/C19H14ClN3O4/c1-12-8-9-21-11-16(12)22-19(24)13-2-5-15(6-3-13)27-18-7-4-14(20)10-17(18)23(25)26/h2-11H,1H3,(H,22,24). The number of nitrogens with one attached hydrogen (secondary N) is 1. The molecule has 0 unspecified atom stereocenters. The third kappa shape index (κ3) is 4.39. The van der Waals surface area contributed by atoms with Gasteiger partial charge in [0.05, 0.1) is 16.8 Å². The van der Waals surface area contributed by atoms with E-state index in [0.717, 1.165) is 5.56 Å². The van der Waals surface area contributed by atoms with Crippen LogP contribution in [0, 0.1) is 17.0 Å². The van der Waals surface area contributed by atoms with Crippen LogP contribution in [0.25, 0.3) is 0 Å². The predicted octanol–water partition coefficient (Wildman–Crippen LogP) is 5.00. The number of amides is 1. The van der Waals surface area contributed by atoms with Gasteiger partial charge in [0.1, 0.15) is 5.75 Å². The summed E-state index contributed by atoms with van der Waals surface area (Å²) in [5.74, 6) is 0.122. The van der Waals surface area contributed by atoms with E-state index in [2.05, 4.69) is 10.3 Å². The van der Waals surface area contributed by atoms with E-state index in [1.54, 1.807) is 42.7 Å². The molecule has 0 radical (unpaired) electrons. The van der Waals surface area contributed by atoms with E-state index in [1.807, 2.05) is 6.92 Å². The average Bonchev–Trinajstić information content (AvgIpc) is 2.65. The van der Waals surface area contributed by atoms with Crippen molar-refractivity contribution in [2.45, 2.75) is 6.92 Å². The molecule has 0 aliphatic rings. The van der Waals surface area contributed by atoms with Crippen LogP contribution < -0.4 is 10.1 Å². The summed E-state index contributed by atoms with van der Waals surface area (Å²) in [4.78, 5) is 26.9. The topological polar surface area (TPSA) is 94.4 Å². The summed E-state index contributed by atoms with van der Waals surface area (Å²) in [5.41, 5.74) is 1.69. The highest BCUT2D eigenvalue weighted by Crippen LogP contribution is 2.33. The molecule has 7 nitrogen and oxygen atoms in total.